The molecule has 0 atom stereocenters. The number of nitrogens with zero attached hydrogens (tertiary/aromatic N) is 1. The van der Waals surface area contributed by atoms with Crippen molar-refractivity contribution in [1.29, 1.82) is 0 Å². The second kappa shape index (κ2) is 10.4. The van der Waals surface area contributed by atoms with Crippen molar-refractivity contribution in [1.82, 2.24) is 9.71 Å². The fraction of sp³-hybridized carbons (Fsp3) is 0.0833. The Morgan fingerprint density at radius 2 is 1.82 bits per heavy atom. The number of ether oxygens (including phenoxy) is 1. The molecule has 2 heterocycles. The summed E-state index contributed by atoms with van der Waals surface area (Å²) in [6, 6.07) is 22.1. The number of amides is 1. The van der Waals surface area contributed by atoms with Crippen LogP contribution in [-0.2, 0) is 23.2 Å². The van der Waals surface area contributed by atoms with E-state index in [1.807, 2.05) is 35.7 Å². The van der Waals surface area contributed by atoms with Crippen LogP contribution in [0.4, 0.5) is 5.69 Å². The number of hydrogen-bond donors (Lipinski definition) is 2. The third-order valence-electron chi connectivity index (χ3n) is 4.65. The van der Waals surface area contributed by atoms with Gasteiger partial charge in [-0.05, 0) is 60.0 Å². The summed E-state index contributed by atoms with van der Waals surface area (Å²) < 4.78 is 33.2. The van der Waals surface area contributed by atoms with Gasteiger partial charge in [0, 0.05) is 34.9 Å². The fourth-order valence-electron chi connectivity index (χ4n) is 2.96. The van der Waals surface area contributed by atoms with Gasteiger partial charge in [0.25, 0.3) is 5.91 Å². The lowest BCUT2D eigenvalue weighted by Gasteiger charge is -2.10. The maximum atomic E-state index is 12.6. The lowest BCUT2D eigenvalue weighted by molar-refractivity contribution is 0.102. The van der Waals surface area contributed by atoms with E-state index in [1.165, 1.54) is 35.6 Å². The summed E-state index contributed by atoms with van der Waals surface area (Å²) in [5, 5.41) is 4.69. The van der Waals surface area contributed by atoms with Crippen LogP contribution in [0.1, 0.15) is 20.9 Å². The highest BCUT2D eigenvalue weighted by Crippen LogP contribution is 2.20. The van der Waals surface area contributed by atoms with Crippen molar-refractivity contribution in [2.45, 2.75) is 18.0 Å². The van der Waals surface area contributed by atoms with Crippen LogP contribution in [-0.4, -0.2) is 19.3 Å². The van der Waals surface area contributed by atoms with E-state index in [2.05, 4.69) is 15.0 Å². The Morgan fingerprint density at radius 1 is 0.970 bits per heavy atom. The highest BCUT2D eigenvalue weighted by atomic mass is 32.2. The van der Waals surface area contributed by atoms with Gasteiger partial charge in [-0.2, -0.15) is 0 Å². The number of aromatic nitrogens is 1. The predicted octanol–water partition coefficient (Wildman–Crippen LogP) is 4.45. The molecule has 33 heavy (non-hydrogen) atoms. The first kappa shape index (κ1) is 22.7. The van der Waals surface area contributed by atoms with E-state index < -0.39 is 10.0 Å². The second-order valence-electron chi connectivity index (χ2n) is 7.02. The highest BCUT2D eigenvalue weighted by molar-refractivity contribution is 7.89. The topological polar surface area (TPSA) is 97.4 Å². The fourth-order valence-corrected chi connectivity index (χ4v) is 4.70. The molecule has 9 heteroatoms. The molecule has 0 bridgehead atoms. The normalized spacial score (nSPS) is 11.2. The molecule has 7 nitrogen and oxygen atoms in total. The molecule has 2 N–H and O–H groups in total. The average molecular weight is 480 g/mol. The SMILES string of the molecule is O=C(Nc1cccc(OCc2ccccn2)c1)c1ccc(S(=O)(=O)NCc2cccs2)cc1. The van der Waals surface area contributed by atoms with Gasteiger partial charge in [-0.15, -0.1) is 11.3 Å². The van der Waals surface area contributed by atoms with E-state index in [1.54, 1.807) is 30.5 Å². The maximum Gasteiger partial charge on any atom is 0.255 e. The first-order valence-corrected chi connectivity index (χ1v) is 12.4. The van der Waals surface area contributed by atoms with Crippen LogP contribution in [0.3, 0.4) is 0 Å². The van der Waals surface area contributed by atoms with Crippen molar-refractivity contribution in [3.63, 3.8) is 0 Å². The van der Waals surface area contributed by atoms with Crippen molar-refractivity contribution in [3.8, 4) is 5.75 Å². The van der Waals surface area contributed by atoms with Gasteiger partial charge in [0.1, 0.15) is 12.4 Å². The number of anilines is 1. The number of rotatable bonds is 9. The number of benzene rings is 2. The number of hydrogen-bond acceptors (Lipinski definition) is 6. The first-order valence-electron chi connectivity index (χ1n) is 10.1. The quantitative estimate of drug-likeness (QED) is 0.370. The number of thiophene rings is 1. The van der Waals surface area contributed by atoms with Crippen LogP contribution < -0.4 is 14.8 Å². The third kappa shape index (κ3) is 6.26. The van der Waals surface area contributed by atoms with Gasteiger partial charge in [0.05, 0.1) is 10.6 Å². The van der Waals surface area contributed by atoms with Crippen molar-refractivity contribution in [2.24, 2.45) is 0 Å². The van der Waals surface area contributed by atoms with Gasteiger partial charge in [-0.3, -0.25) is 9.78 Å². The molecule has 2 aromatic carbocycles. The second-order valence-corrected chi connectivity index (χ2v) is 9.82. The lowest BCUT2D eigenvalue weighted by Crippen LogP contribution is -2.23. The minimum Gasteiger partial charge on any atom is -0.487 e. The zero-order valence-corrected chi connectivity index (χ0v) is 19.1. The Balaban J connectivity index is 1.36. The highest BCUT2D eigenvalue weighted by Gasteiger charge is 2.15. The average Bonchev–Trinajstić information content (AvgIpc) is 3.36. The van der Waals surface area contributed by atoms with Crippen LogP contribution in [0.25, 0.3) is 0 Å². The minimum absolute atomic E-state index is 0.0977. The summed E-state index contributed by atoms with van der Waals surface area (Å²) in [5.74, 6) is 0.240. The van der Waals surface area contributed by atoms with Crippen molar-refractivity contribution in [3.05, 3.63) is 107 Å². The molecule has 0 saturated carbocycles. The molecule has 0 saturated heterocycles. The molecule has 1 amide bonds. The van der Waals surface area contributed by atoms with Crippen LogP contribution >= 0.6 is 11.3 Å². The summed E-state index contributed by atoms with van der Waals surface area (Å²) in [6.45, 7) is 0.537. The van der Waals surface area contributed by atoms with Gasteiger partial charge < -0.3 is 10.1 Å². The molecule has 0 aliphatic carbocycles. The number of sulfonamides is 1. The maximum absolute atomic E-state index is 12.6. The number of nitrogens with one attached hydrogen (secondary N) is 2. The lowest BCUT2D eigenvalue weighted by atomic mass is 10.2. The van der Waals surface area contributed by atoms with Gasteiger partial charge in [-0.1, -0.05) is 18.2 Å². The van der Waals surface area contributed by atoms with Crippen molar-refractivity contribution >= 4 is 33.0 Å². The van der Waals surface area contributed by atoms with E-state index in [-0.39, 0.29) is 17.3 Å². The number of pyridine rings is 1. The molecule has 0 aliphatic rings. The molecule has 0 aliphatic heterocycles. The van der Waals surface area contributed by atoms with Crippen molar-refractivity contribution < 1.29 is 17.9 Å². The summed E-state index contributed by atoms with van der Waals surface area (Å²) in [5.41, 5.74) is 1.70. The smallest absolute Gasteiger partial charge is 0.255 e. The molecular formula is C24H21N3O4S2. The largest absolute Gasteiger partial charge is 0.487 e. The van der Waals surface area contributed by atoms with Crippen LogP contribution in [0.2, 0.25) is 0 Å². The Morgan fingerprint density at radius 3 is 2.55 bits per heavy atom. The molecule has 4 aromatic rings. The minimum atomic E-state index is -3.67. The summed E-state index contributed by atoms with van der Waals surface area (Å²) >= 11 is 1.48. The monoisotopic (exact) mass is 479 g/mol. The van der Waals surface area contributed by atoms with E-state index >= 15 is 0 Å². The van der Waals surface area contributed by atoms with Crippen LogP contribution in [0, 0.1) is 0 Å². The third-order valence-corrected chi connectivity index (χ3v) is 6.94. The summed E-state index contributed by atoms with van der Waals surface area (Å²) in [6.07, 6.45) is 1.70. The van der Waals surface area contributed by atoms with E-state index in [9.17, 15) is 13.2 Å². The van der Waals surface area contributed by atoms with Gasteiger partial charge in [0.2, 0.25) is 10.0 Å². The van der Waals surface area contributed by atoms with Gasteiger partial charge >= 0.3 is 0 Å². The Hall–Kier alpha value is -3.53. The molecule has 0 spiro atoms. The van der Waals surface area contributed by atoms with E-state index in [0.29, 0.717) is 23.6 Å². The van der Waals surface area contributed by atoms with Gasteiger partial charge in [0.15, 0.2) is 0 Å². The first-order chi connectivity index (χ1) is 16.0. The molecule has 0 fully saturated rings. The van der Waals surface area contributed by atoms with Gasteiger partial charge in [-0.25, -0.2) is 13.1 Å². The molecular weight excluding hydrogens is 458 g/mol. The van der Waals surface area contributed by atoms with Crippen LogP contribution in [0.15, 0.2) is 95.3 Å². The Bertz CT molecular complexity index is 1310. The van der Waals surface area contributed by atoms with E-state index in [4.69, 9.17) is 4.74 Å². The van der Waals surface area contributed by atoms with E-state index in [0.717, 1.165) is 10.6 Å². The molecule has 0 radical (unpaired) electrons. The van der Waals surface area contributed by atoms with Crippen molar-refractivity contribution in [2.75, 3.05) is 5.32 Å². The molecule has 4 rings (SSSR count). The predicted molar refractivity (Wildman–Crippen MR) is 128 cm³/mol. The molecule has 0 unspecified atom stereocenters. The van der Waals surface area contributed by atoms with Crippen LogP contribution in [0.5, 0.6) is 5.75 Å². The molecule has 168 valence electrons. The zero-order chi connectivity index (χ0) is 23.1. The summed E-state index contributed by atoms with van der Waals surface area (Å²) in [7, 11) is -3.67. The number of carbonyl (C=O) groups excluding carboxylic acids is 1. The molecule has 2 aromatic heterocycles. The summed E-state index contributed by atoms with van der Waals surface area (Å²) in [4.78, 5) is 17.8. The standard InChI is InChI=1S/C24H21N3O4S2/c28-24(27-19-6-3-7-21(15-19)31-17-20-5-1-2-13-25-20)18-9-11-23(12-10-18)33(29,30)26-16-22-8-4-14-32-22/h1-15,26H,16-17H2,(H,27,28). The zero-order valence-electron chi connectivity index (χ0n) is 17.5. The Labute approximate surface area is 196 Å². The Kier molecular flexibility index (Phi) is 7.13. The number of carbonyl (C=O) groups is 1.